The van der Waals surface area contributed by atoms with Crippen LogP contribution in [0.3, 0.4) is 0 Å². The lowest BCUT2D eigenvalue weighted by Gasteiger charge is -2.25. The first kappa shape index (κ1) is 10.4. The second-order valence-corrected chi connectivity index (χ2v) is 4.87. The van der Waals surface area contributed by atoms with Crippen LogP contribution in [0, 0.1) is 5.92 Å². The van der Waals surface area contributed by atoms with Gasteiger partial charge in [0.05, 0.1) is 0 Å². The van der Waals surface area contributed by atoms with Gasteiger partial charge in [0.15, 0.2) is 0 Å². The molecule has 14 heavy (non-hydrogen) atoms. The molecule has 4 N–H and O–H groups in total. The normalized spacial score (nSPS) is 34.9. The average Bonchev–Trinajstić information content (AvgIpc) is 2.63. The molecule has 0 bridgehead atoms. The molecule has 0 radical (unpaired) electrons. The monoisotopic (exact) mass is 197 g/mol. The van der Waals surface area contributed by atoms with E-state index in [1.807, 2.05) is 0 Å². The molecular weight excluding hydrogens is 174 g/mol. The van der Waals surface area contributed by atoms with E-state index in [4.69, 9.17) is 5.73 Å². The van der Waals surface area contributed by atoms with Crippen LogP contribution in [0.2, 0.25) is 0 Å². The number of rotatable bonds is 3. The number of nitrogens with two attached hydrogens (primary N) is 1. The maximum atomic E-state index is 5.90. The van der Waals surface area contributed by atoms with E-state index in [0.29, 0.717) is 6.04 Å². The summed E-state index contributed by atoms with van der Waals surface area (Å²) in [6.07, 6.45) is 6.38. The standard InChI is InChI=1S/C11H23N3/c12-10-2-1-9(7-10)8-14-11-3-5-13-6-4-11/h9-11,13-14H,1-8,12H2. The lowest BCUT2D eigenvalue weighted by Crippen LogP contribution is -2.41. The molecule has 1 heterocycles. The van der Waals surface area contributed by atoms with Crippen LogP contribution in [0.5, 0.6) is 0 Å². The third kappa shape index (κ3) is 2.94. The van der Waals surface area contributed by atoms with Crippen molar-refractivity contribution < 1.29 is 0 Å². The molecule has 0 aromatic carbocycles. The smallest absolute Gasteiger partial charge is 0.00913 e. The molecule has 1 saturated carbocycles. The zero-order valence-corrected chi connectivity index (χ0v) is 8.97. The van der Waals surface area contributed by atoms with E-state index in [1.165, 1.54) is 51.7 Å². The third-order valence-electron chi connectivity index (χ3n) is 3.62. The molecule has 3 heteroatoms. The molecule has 1 saturated heterocycles. The van der Waals surface area contributed by atoms with E-state index >= 15 is 0 Å². The van der Waals surface area contributed by atoms with Crippen molar-refractivity contribution in [3.8, 4) is 0 Å². The summed E-state index contributed by atoms with van der Waals surface area (Å²) < 4.78 is 0. The van der Waals surface area contributed by atoms with Gasteiger partial charge in [-0.15, -0.1) is 0 Å². The molecule has 0 spiro atoms. The van der Waals surface area contributed by atoms with Crippen LogP contribution >= 0.6 is 0 Å². The second-order valence-electron chi connectivity index (χ2n) is 4.87. The summed E-state index contributed by atoms with van der Waals surface area (Å²) >= 11 is 0. The number of hydrogen-bond acceptors (Lipinski definition) is 3. The van der Waals surface area contributed by atoms with Crippen LogP contribution in [0.25, 0.3) is 0 Å². The van der Waals surface area contributed by atoms with Gasteiger partial charge in [-0.05, 0) is 57.7 Å². The summed E-state index contributed by atoms with van der Waals surface area (Å²) in [5.74, 6) is 0.847. The Bertz CT molecular complexity index is 161. The van der Waals surface area contributed by atoms with Gasteiger partial charge in [-0.1, -0.05) is 0 Å². The largest absolute Gasteiger partial charge is 0.328 e. The van der Waals surface area contributed by atoms with E-state index in [0.717, 1.165) is 12.0 Å². The number of nitrogens with one attached hydrogen (secondary N) is 2. The molecule has 2 atom stereocenters. The van der Waals surface area contributed by atoms with Crippen LogP contribution in [-0.2, 0) is 0 Å². The molecule has 0 amide bonds. The summed E-state index contributed by atoms with van der Waals surface area (Å²) in [4.78, 5) is 0. The molecule has 1 aliphatic carbocycles. The van der Waals surface area contributed by atoms with Crippen LogP contribution in [0.15, 0.2) is 0 Å². The highest BCUT2D eigenvalue weighted by Crippen LogP contribution is 2.23. The van der Waals surface area contributed by atoms with Crippen molar-refractivity contribution >= 4 is 0 Å². The van der Waals surface area contributed by atoms with Gasteiger partial charge < -0.3 is 16.4 Å². The Kier molecular flexibility index (Phi) is 3.79. The first-order valence-corrected chi connectivity index (χ1v) is 6.04. The first-order chi connectivity index (χ1) is 6.84. The molecular formula is C11H23N3. The van der Waals surface area contributed by atoms with Gasteiger partial charge in [-0.2, -0.15) is 0 Å². The molecule has 82 valence electrons. The lowest BCUT2D eigenvalue weighted by molar-refractivity contribution is 0.357. The highest BCUT2D eigenvalue weighted by molar-refractivity contribution is 4.81. The summed E-state index contributed by atoms with van der Waals surface area (Å²) in [6, 6.07) is 1.24. The molecule has 0 aromatic rings. The van der Waals surface area contributed by atoms with Gasteiger partial charge in [0.2, 0.25) is 0 Å². The van der Waals surface area contributed by atoms with Gasteiger partial charge in [0.1, 0.15) is 0 Å². The predicted molar refractivity (Wildman–Crippen MR) is 59.2 cm³/mol. The van der Waals surface area contributed by atoms with E-state index in [1.54, 1.807) is 0 Å². The van der Waals surface area contributed by atoms with E-state index < -0.39 is 0 Å². The Morgan fingerprint density at radius 2 is 1.93 bits per heavy atom. The Labute approximate surface area is 86.8 Å². The fourth-order valence-corrected chi connectivity index (χ4v) is 2.66. The van der Waals surface area contributed by atoms with Crippen LogP contribution in [-0.4, -0.2) is 31.7 Å². The Morgan fingerprint density at radius 1 is 1.14 bits per heavy atom. The minimum Gasteiger partial charge on any atom is -0.328 e. The molecule has 1 aliphatic heterocycles. The van der Waals surface area contributed by atoms with Gasteiger partial charge in [0.25, 0.3) is 0 Å². The maximum Gasteiger partial charge on any atom is 0.00913 e. The molecule has 0 aromatic heterocycles. The highest BCUT2D eigenvalue weighted by atomic mass is 15.0. The quantitative estimate of drug-likeness (QED) is 0.616. The van der Waals surface area contributed by atoms with Crippen molar-refractivity contribution in [2.24, 2.45) is 11.7 Å². The van der Waals surface area contributed by atoms with Crippen molar-refractivity contribution in [3.63, 3.8) is 0 Å². The molecule has 3 nitrogen and oxygen atoms in total. The van der Waals surface area contributed by atoms with Gasteiger partial charge in [0, 0.05) is 12.1 Å². The summed E-state index contributed by atoms with van der Waals surface area (Å²) in [6.45, 7) is 3.56. The van der Waals surface area contributed by atoms with Gasteiger partial charge in [-0.25, -0.2) is 0 Å². The van der Waals surface area contributed by atoms with Crippen molar-refractivity contribution in [3.05, 3.63) is 0 Å². The predicted octanol–water partition coefficient (Wildman–Crippen LogP) is 0.455. The second kappa shape index (κ2) is 5.10. The number of hydrogen-bond donors (Lipinski definition) is 3. The van der Waals surface area contributed by atoms with Crippen LogP contribution < -0.4 is 16.4 Å². The fraction of sp³-hybridized carbons (Fsp3) is 1.00. The molecule has 2 rings (SSSR count). The number of piperidine rings is 1. The van der Waals surface area contributed by atoms with Crippen LogP contribution in [0.4, 0.5) is 0 Å². The Hall–Kier alpha value is -0.120. The minimum atomic E-state index is 0.481. The zero-order valence-electron chi connectivity index (χ0n) is 8.97. The first-order valence-electron chi connectivity index (χ1n) is 6.04. The zero-order chi connectivity index (χ0) is 9.80. The van der Waals surface area contributed by atoms with Gasteiger partial charge >= 0.3 is 0 Å². The summed E-state index contributed by atoms with van der Waals surface area (Å²) in [5.41, 5.74) is 5.90. The maximum absolute atomic E-state index is 5.90. The van der Waals surface area contributed by atoms with Crippen molar-refractivity contribution in [2.75, 3.05) is 19.6 Å². The molecule has 2 unspecified atom stereocenters. The Morgan fingerprint density at radius 3 is 2.57 bits per heavy atom. The van der Waals surface area contributed by atoms with Crippen molar-refractivity contribution in [2.45, 2.75) is 44.2 Å². The van der Waals surface area contributed by atoms with Crippen molar-refractivity contribution in [1.82, 2.24) is 10.6 Å². The van der Waals surface area contributed by atoms with E-state index in [-0.39, 0.29) is 0 Å². The third-order valence-corrected chi connectivity index (χ3v) is 3.62. The molecule has 2 fully saturated rings. The fourth-order valence-electron chi connectivity index (χ4n) is 2.66. The summed E-state index contributed by atoms with van der Waals surface area (Å²) in [7, 11) is 0. The highest BCUT2D eigenvalue weighted by Gasteiger charge is 2.22. The Balaban J connectivity index is 1.61. The van der Waals surface area contributed by atoms with E-state index in [9.17, 15) is 0 Å². The van der Waals surface area contributed by atoms with Crippen LogP contribution in [0.1, 0.15) is 32.1 Å². The average molecular weight is 197 g/mol. The van der Waals surface area contributed by atoms with Gasteiger partial charge in [-0.3, -0.25) is 0 Å². The molecule has 2 aliphatic rings. The minimum absolute atomic E-state index is 0.481. The SMILES string of the molecule is NC1CCC(CNC2CCNCC2)C1. The summed E-state index contributed by atoms with van der Waals surface area (Å²) in [5, 5.41) is 7.08. The van der Waals surface area contributed by atoms with E-state index in [2.05, 4.69) is 10.6 Å². The topological polar surface area (TPSA) is 50.1 Å². The van der Waals surface area contributed by atoms with Crippen molar-refractivity contribution in [1.29, 1.82) is 0 Å². The lowest BCUT2D eigenvalue weighted by atomic mass is 10.0.